The molecule has 2 rings (SSSR count). The molecule has 0 aliphatic heterocycles. The van der Waals surface area contributed by atoms with Gasteiger partial charge in [-0.25, -0.2) is 4.68 Å². The maximum Gasteiger partial charge on any atom is 0.355 e. The van der Waals surface area contributed by atoms with Crippen LogP contribution in [-0.4, -0.2) is 34.4 Å². The van der Waals surface area contributed by atoms with Gasteiger partial charge in [-0.3, -0.25) is 10.1 Å². The number of aromatic nitrogens is 2. The molecule has 1 heterocycles. The summed E-state index contributed by atoms with van der Waals surface area (Å²) in [6, 6.07) is 2.93. The lowest BCUT2D eigenvalue weighted by Crippen LogP contribution is -2.20. The highest BCUT2D eigenvalue weighted by atomic mass is 35.5. The smallest absolute Gasteiger partial charge is 0.355 e. The number of hydrogen-bond donors (Lipinski definition) is 1. The number of rotatable bonds is 8. The Bertz CT molecular complexity index is 787. The summed E-state index contributed by atoms with van der Waals surface area (Å²) < 4.78 is 6.73. The Morgan fingerprint density at radius 1 is 1.35 bits per heavy atom. The molecule has 26 heavy (non-hydrogen) atoms. The zero-order chi connectivity index (χ0) is 19.4. The Balaban J connectivity index is 2.61. The van der Waals surface area contributed by atoms with E-state index in [1.54, 1.807) is 6.92 Å². The standard InChI is InChI=1S/C15H16Cl4N4O3/c1-3-20-4-5-26-15-14(23(24)25)12(8(2)16)22(21-15)13-10(18)6-9(17)7-11(13)19/h6-8,20H,3-5H2,1-2H3. The van der Waals surface area contributed by atoms with Crippen molar-refractivity contribution < 1.29 is 9.66 Å². The molecule has 142 valence electrons. The first kappa shape index (κ1) is 21.1. The number of halogens is 4. The van der Waals surface area contributed by atoms with E-state index in [4.69, 9.17) is 51.1 Å². The number of likely N-dealkylation sites (N-methyl/N-ethyl adjacent to an activating group) is 1. The van der Waals surface area contributed by atoms with Crippen LogP contribution in [0.5, 0.6) is 5.88 Å². The van der Waals surface area contributed by atoms with Gasteiger partial charge in [-0.15, -0.1) is 16.7 Å². The van der Waals surface area contributed by atoms with Gasteiger partial charge >= 0.3 is 11.6 Å². The molecule has 0 fully saturated rings. The van der Waals surface area contributed by atoms with Gasteiger partial charge in [-0.05, 0) is 25.6 Å². The lowest BCUT2D eigenvalue weighted by Gasteiger charge is -2.11. The average molecular weight is 442 g/mol. The summed E-state index contributed by atoms with van der Waals surface area (Å²) >= 11 is 24.6. The van der Waals surface area contributed by atoms with Gasteiger partial charge in [0.2, 0.25) is 0 Å². The molecule has 0 saturated heterocycles. The lowest BCUT2D eigenvalue weighted by atomic mass is 10.2. The Morgan fingerprint density at radius 2 is 1.96 bits per heavy atom. The van der Waals surface area contributed by atoms with Crippen LogP contribution in [0.15, 0.2) is 12.1 Å². The molecule has 1 aromatic heterocycles. The topological polar surface area (TPSA) is 82.2 Å². The fourth-order valence-corrected chi connectivity index (χ4v) is 3.50. The van der Waals surface area contributed by atoms with E-state index in [0.717, 1.165) is 6.54 Å². The van der Waals surface area contributed by atoms with Crippen molar-refractivity contribution in [2.24, 2.45) is 0 Å². The summed E-state index contributed by atoms with van der Waals surface area (Å²) in [5.41, 5.74) is 0.0252. The molecule has 0 saturated carbocycles. The third-order valence-corrected chi connectivity index (χ3v) is 4.39. The molecule has 1 unspecified atom stereocenters. The highest BCUT2D eigenvalue weighted by molar-refractivity contribution is 6.40. The van der Waals surface area contributed by atoms with Crippen molar-refractivity contribution in [3.63, 3.8) is 0 Å². The van der Waals surface area contributed by atoms with E-state index >= 15 is 0 Å². The first-order valence-corrected chi connectivity index (χ1v) is 9.24. The van der Waals surface area contributed by atoms with E-state index in [-0.39, 0.29) is 39.6 Å². The van der Waals surface area contributed by atoms with Crippen LogP contribution in [0.4, 0.5) is 5.69 Å². The number of nitrogens with one attached hydrogen (secondary N) is 1. The van der Waals surface area contributed by atoms with E-state index < -0.39 is 10.3 Å². The molecule has 7 nitrogen and oxygen atoms in total. The summed E-state index contributed by atoms with van der Waals surface area (Å²) in [5.74, 6) is -0.155. The van der Waals surface area contributed by atoms with Crippen molar-refractivity contribution in [3.8, 4) is 11.6 Å². The quantitative estimate of drug-likeness (QED) is 0.269. The van der Waals surface area contributed by atoms with E-state index in [1.807, 2.05) is 6.92 Å². The van der Waals surface area contributed by atoms with Crippen molar-refractivity contribution in [2.45, 2.75) is 19.2 Å². The number of ether oxygens (including phenoxy) is 1. The average Bonchev–Trinajstić information content (AvgIpc) is 2.90. The van der Waals surface area contributed by atoms with Gasteiger partial charge in [0.15, 0.2) is 0 Å². The van der Waals surface area contributed by atoms with Crippen LogP contribution in [-0.2, 0) is 0 Å². The number of alkyl halides is 1. The van der Waals surface area contributed by atoms with E-state index in [1.165, 1.54) is 16.8 Å². The normalized spacial score (nSPS) is 12.2. The molecule has 0 aliphatic carbocycles. The Morgan fingerprint density at radius 3 is 2.46 bits per heavy atom. The van der Waals surface area contributed by atoms with Crippen molar-refractivity contribution in [3.05, 3.63) is 43.0 Å². The monoisotopic (exact) mass is 440 g/mol. The largest absolute Gasteiger partial charge is 0.470 e. The summed E-state index contributed by atoms with van der Waals surface area (Å²) in [7, 11) is 0. The predicted octanol–water partition coefficient (Wildman–Crippen LogP) is 5.03. The third-order valence-electron chi connectivity index (χ3n) is 3.38. The van der Waals surface area contributed by atoms with Crippen molar-refractivity contribution in [1.29, 1.82) is 0 Å². The minimum Gasteiger partial charge on any atom is -0.470 e. The fraction of sp³-hybridized carbons (Fsp3) is 0.400. The number of nitro groups is 1. The Labute approximate surface area is 170 Å². The van der Waals surface area contributed by atoms with Crippen LogP contribution in [0, 0.1) is 10.1 Å². The number of nitrogens with zero attached hydrogens (tertiary/aromatic N) is 3. The summed E-state index contributed by atoms with van der Waals surface area (Å²) in [6.45, 7) is 4.98. The van der Waals surface area contributed by atoms with Crippen LogP contribution >= 0.6 is 46.4 Å². The van der Waals surface area contributed by atoms with Crippen molar-refractivity contribution in [1.82, 2.24) is 15.1 Å². The summed E-state index contributed by atoms with van der Waals surface area (Å²) in [5, 5.41) is 18.8. The number of benzene rings is 1. The summed E-state index contributed by atoms with van der Waals surface area (Å²) in [4.78, 5) is 11.0. The molecule has 0 bridgehead atoms. The van der Waals surface area contributed by atoms with Crippen molar-refractivity contribution >= 4 is 52.1 Å². The predicted molar refractivity (Wildman–Crippen MR) is 104 cm³/mol. The highest BCUT2D eigenvalue weighted by Crippen LogP contribution is 2.41. The molecule has 1 atom stereocenters. The zero-order valence-corrected chi connectivity index (χ0v) is 17.0. The van der Waals surface area contributed by atoms with Crippen LogP contribution < -0.4 is 10.1 Å². The number of hydrogen-bond acceptors (Lipinski definition) is 5. The van der Waals surface area contributed by atoms with E-state index in [0.29, 0.717) is 11.6 Å². The molecule has 0 radical (unpaired) electrons. The summed E-state index contributed by atoms with van der Waals surface area (Å²) in [6.07, 6.45) is 0. The second-order valence-corrected chi connectivity index (χ2v) is 7.15. The highest BCUT2D eigenvalue weighted by Gasteiger charge is 2.34. The second kappa shape index (κ2) is 9.10. The molecule has 0 aliphatic rings. The Hall–Kier alpha value is -1.25. The molecule has 0 spiro atoms. The molecular weight excluding hydrogens is 426 g/mol. The van der Waals surface area contributed by atoms with Crippen LogP contribution in [0.1, 0.15) is 24.9 Å². The van der Waals surface area contributed by atoms with Gasteiger partial charge in [0.05, 0.1) is 20.3 Å². The first-order valence-electron chi connectivity index (χ1n) is 7.67. The van der Waals surface area contributed by atoms with Crippen molar-refractivity contribution in [2.75, 3.05) is 19.7 Å². The van der Waals surface area contributed by atoms with Crippen LogP contribution in [0.25, 0.3) is 5.69 Å². The van der Waals surface area contributed by atoms with Gasteiger partial charge in [0.1, 0.15) is 18.0 Å². The minimum atomic E-state index is -0.753. The van der Waals surface area contributed by atoms with Gasteiger partial charge in [0, 0.05) is 11.6 Å². The first-order chi connectivity index (χ1) is 12.3. The van der Waals surface area contributed by atoms with Crippen LogP contribution in [0.2, 0.25) is 15.1 Å². The molecule has 11 heteroatoms. The maximum absolute atomic E-state index is 11.6. The molecule has 1 N–H and O–H groups in total. The van der Waals surface area contributed by atoms with Gasteiger partial charge < -0.3 is 10.1 Å². The SMILES string of the molecule is CCNCCOc1nn(-c2c(Cl)cc(Cl)cc2Cl)c(C(C)Cl)c1[N+](=O)[O-]. The van der Waals surface area contributed by atoms with E-state index in [9.17, 15) is 10.1 Å². The third kappa shape index (κ3) is 4.53. The van der Waals surface area contributed by atoms with Gasteiger partial charge in [-0.2, -0.15) is 0 Å². The van der Waals surface area contributed by atoms with E-state index in [2.05, 4.69) is 10.4 Å². The molecule has 1 aromatic carbocycles. The Kier molecular flexibility index (Phi) is 7.37. The fourth-order valence-electron chi connectivity index (χ4n) is 2.33. The maximum atomic E-state index is 11.6. The molecular formula is C15H16Cl4N4O3. The minimum absolute atomic E-state index is 0.112. The van der Waals surface area contributed by atoms with Crippen LogP contribution in [0.3, 0.4) is 0 Å². The van der Waals surface area contributed by atoms with Gasteiger partial charge in [0.25, 0.3) is 0 Å². The second-order valence-electron chi connectivity index (χ2n) is 5.24. The lowest BCUT2D eigenvalue weighted by molar-refractivity contribution is -0.386. The zero-order valence-electron chi connectivity index (χ0n) is 13.9. The molecule has 2 aromatic rings. The van der Waals surface area contributed by atoms with Gasteiger partial charge in [-0.1, -0.05) is 41.7 Å². The molecule has 0 amide bonds.